The normalized spacial score (nSPS) is 10.9. The molecule has 0 saturated carbocycles. The molecule has 0 aliphatic carbocycles. The molecule has 6 nitrogen and oxygen atoms in total. The van der Waals surface area contributed by atoms with Crippen LogP contribution in [-0.2, 0) is 18.4 Å². The van der Waals surface area contributed by atoms with Gasteiger partial charge in [-0.25, -0.2) is 9.37 Å². The zero-order valence-corrected chi connectivity index (χ0v) is 13.1. The van der Waals surface area contributed by atoms with Gasteiger partial charge >= 0.3 is 0 Å². The minimum atomic E-state index is -0.413. The summed E-state index contributed by atoms with van der Waals surface area (Å²) in [5, 5.41) is 2.94. The summed E-state index contributed by atoms with van der Waals surface area (Å²) in [4.78, 5) is 15.3. The highest BCUT2D eigenvalue weighted by atomic mass is 19.1. The second-order valence-electron chi connectivity index (χ2n) is 5.36. The van der Waals surface area contributed by atoms with E-state index in [-0.39, 0.29) is 12.4 Å². The molecule has 0 radical (unpaired) electrons. The number of hydrogen-bond acceptors (Lipinski definition) is 4. The summed E-state index contributed by atoms with van der Waals surface area (Å²) in [5.74, 6) is 1.25. The first kappa shape index (κ1) is 15.9. The maximum absolute atomic E-state index is 12.9. The molecular formula is C17H17FN4O2. The third-order valence-electron chi connectivity index (χ3n) is 3.58. The Bertz CT molecular complexity index is 874. The fourth-order valence-corrected chi connectivity index (χ4v) is 2.38. The van der Waals surface area contributed by atoms with Gasteiger partial charge in [-0.15, -0.1) is 0 Å². The molecule has 2 aromatic carbocycles. The Balaban J connectivity index is 1.81. The van der Waals surface area contributed by atoms with E-state index in [1.807, 2.05) is 23.7 Å². The zero-order chi connectivity index (χ0) is 17.1. The number of nitrogens with one attached hydrogen (secondary N) is 1. The van der Waals surface area contributed by atoms with E-state index >= 15 is 0 Å². The Morgan fingerprint density at radius 2 is 1.96 bits per heavy atom. The van der Waals surface area contributed by atoms with Gasteiger partial charge in [-0.2, -0.15) is 0 Å². The van der Waals surface area contributed by atoms with Crippen molar-refractivity contribution in [2.75, 3.05) is 6.54 Å². The van der Waals surface area contributed by atoms with Gasteiger partial charge in [0.15, 0.2) is 0 Å². The molecule has 1 amide bonds. The number of fused-ring (bicyclic) bond motifs is 1. The molecule has 3 aromatic rings. The maximum Gasteiger partial charge on any atom is 0.231 e. The summed E-state index contributed by atoms with van der Waals surface area (Å²) in [5.41, 5.74) is 6.82. The number of carbonyl (C=O) groups excluding carboxylic acids is 1. The second kappa shape index (κ2) is 6.67. The summed E-state index contributed by atoms with van der Waals surface area (Å²) in [7, 11) is 1.89. The topological polar surface area (TPSA) is 82.2 Å². The molecule has 0 aliphatic rings. The van der Waals surface area contributed by atoms with Crippen LogP contribution in [0.25, 0.3) is 11.0 Å². The highest BCUT2D eigenvalue weighted by Gasteiger charge is 2.09. The number of hydrogen-bond donors (Lipinski definition) is 2. The molecule has 0 unspecified atom stereocenters. The number of carbonyl (C=O) groups is 1. The molecule has 1 aromatic heterocycles. The van der Waals surface area contributed by atoms with Crippen molar-refractivity contribution in [3.63, 3.8) is 0 Å². The van der Waals surface area contributed by atoms with Crippen molar-refractivity contribution in [1.29, 1.82) is 0 Å². The molecule has 3 N–H and O–H groups in total. The monoisotopic (exact) mass is 328 g/mol. The average Bonchev–Trinajstić information content (AvgIpc) is 2.86. The van der Waals surface area contributed by atoms with Crippen LogP contribution >= 0.6 is 0 Å². The van der Waals surface area contributed by atoms with Gasteiger partial charge in [0.1, 0.15) is 23.1 Å². The first-order valence-corrected chi connectivity index (χ1v) is 7.41. The van der Waals surface area contributed by atoms with Crippen molar-refractivity contribution in [3.05, 3.63) is 54.1 Å². The molecule has 3 rings (SSSR count). The summed E-state index contributed by atoms with van der Waals surface area (Å²) in [6, 6.07) is 11.4. The van der Waals surface area contributed by atoms with Crippen LogP contribution in [0, 0.1) is 5.82 Å². The largest absolute Gasteiger partial charge is 0.457 e. The fourth-order valence-electron chi connectivity index (χ4n) is 2.38. The zero-order valence-electron chi connectivity index (χ0n) is 13.1. The fraction of sp³-hybridized carbons (Fsp3) is 0.176. The molecule has 0 bridgehead atoms. The number of nitrogens with zero attached hydrogens (tertiary/aromatic N) is 2. The smallest absolute Gasteiger partial charge is 0.231 e. The summed E-state index contributed by atoms with van der Waals surface area (Å²) in [6.07, 6.45) is 0. The lowest BCUT2D eigenvalue weighted by atomic mass is 10.3. The van der Waals surface area contributed by atoms with Gasteiger partial charge in [-0.3, -0.25) is 4.79 Å². The Hall–Kier alpha value is -2.93. The number of aryl methyl sites for hydroxylation is 1. The highest BCUT2D eigenvalue weighted by molar-refractivity contribution is 5.78. The van der Waals surface area contributed by atoms with E-state index in [1.165, 1.54) is 12.1 Å². The van der Waals surface area contributed by atoms with Crippen LogP contribution in [0.3, 0.4) is 0 Å². The molecular weight excluding hydrogens is 311 g/mol. The third kappa shape index (κ3) is 3.52. The Morgan fingerprint density at radius 1 is 1.25 bits per heavy atom. The number of aromatic nitrogens is 2. The van der Waals surface area contributed by atoms with Crippen LogP contribution in [0.4, 0.5) is 4.39 Å². The van der Waals surface area contributed by atoms with Crippen molar-refractivity contribution in [3.8, 4) is 11.5 Å². The molecule has 0 saturated heterocycles. The first-order valence-electron chi connectivity index (χ1n) is 7.41. The van der Waals surface area contributed by atoms with Crippen LogP contribution in [0.15, 0.2) is 42.5 Å². The SMILES string of the molecule is Cn1c(CNCC(N)=O)nc2ccc(Oc3ccc(F)cc3)cc21. The standard InChI is InChI=1S/C17H17FN4O2/c1-22-15-8-13(24-12-4-2-11(18)3-5-12)6-7-14(15)21-17(22)10-20-9-16(19)23/h2-8,20H,9-10H2,1H3,(H2,19,23). The van der Waals surface area contributed by atoms with Crippen molar-refractivity contribution < 1.29 is 13.9 Å². The van der Waals surface area contributed by atoms with Gasteiger partial charge in [0.05, 0.1) is 24.1 Å². The summed E-state index contributed by atoms with van der Waals surface area (Å²) >= 11 is 0. The average molecular weight is 328 g/mol. The second-order valence-corrected chi connectivity index (χ2v) is 5.36. The van der Waals surface area contributed by atoms with Gasteiger partial charge in [0.25, 0.3) is 0 Å². The number of rotatable bonds is 6. The van der Waals surface area contributed by atoms with Gasteiger partial charge in [0.2, 0.25) is 5.91 Å². The maximum atomic E-state index is 12.9. The molecule has 124 valence electrons. The van der Waals surface area contributed by atoms with E-state index < -0.39 is 5.91 Å². The van der Waals surface area contributed by atoms with Crippen LogP contribution < -0.4 is 15.8 Å². The van der Waals surface area contributed by atoms with Gasteiger partial charge in [-0.1, -0.05) is 0 Å². The Kier molecular flexibility index (Phi) is 4.43. The van der Waals surface area contributed by atoms with E-state index in [2.05, 4.69) is 10.3 Å². The minimum Gasteiger partial charge on any atom is -0.457 e. The van der Waals surface area contributed by atoms with Gasteiger partial charge < -0.3 is 20.4 Å². The Morgan fingerprint density at radius 3 is 2.67 bits per heavy atom. The number of benzene rings is 2. The number of ether oxygens (including phenoxy) is 1. The predicted octanol–water partition coefficient (Wildman–Crippen LogP) is 2.08. The molecule has 24 heavy (non-hydrogen) atoms. The van der Waals surface area contributed by atoms with Crippen LogP contribution in [0.1, 0.15) is 5.82 Å². The third-order valence-corrected chi connectivity index (χ3v) is 3.58. The molecule has 0 atom stereocenters. The van der Waals surface area contributed by atoms with Crippen LogP contribution in [0.5, 0.6) is 11.5 Å². The number of nitrogens with two attached hydrogens (primary N) is 1. The molecule has 1 heterocycles. The summed E-state index contributed by atoms with van der Waals surface area (Å²) < 4.78 is 20.6. The number of imidazole rings is 1. The van der Waals surface area contributed by atoms with Crippen molar-refractivity contribution in [1.82, 2.24) is 14.9 Å². The van der Waals surface area contributed by atoms with Crippen molar-refractivity contribution in [2.24, 2.45) is 12.8 Å². The molecule has 0 fully saturated rings. The van der Waals surface area contributed by atoms with E-state index in [0.717, 1.165) is 16.9 Å². The Labute approximate surface area is 138 Å². The quantitative estimate of drug-likeness (QED) is 0.726. The van der Waals surface area contributed by atoms with Crippen LogP contribution in [0.2, 0.25) is 0 Å². The first-order chi connectivity index (χ1) is 11.5. The van der Waals surface area contributed by atoms with Crippen molar-refractivity contribution in [2.45, 2.75) is 6.54 Å². The van der Waals surface area contributed by atoms with Crippen molar-refractivity contribution >= 4 is 16.9 Å². The molecule has 0 aliphatic heterocycles. The van der Waals surface area contributed by atoms with Crippen LogP contribution in [-0.4, -0.2) is 22.0 Å². The van der Waals surface area contributed by atoms with E-state index in [1.54, 1.807) is 18.2 Å². The highest BCUT2D eigenvalue weighted by Crippen LogP contribution is 2.26. The number of halogens is 1. The lowest BCUT2D eigenvalue weighted by Gasteiger charge is -2.06. The van der Waals surface area contributed by atoms with E-state index in [0.29, 0.717) is 18.0 Å². The van der Waals surface area contributed by atoms with E-state index in [9.17, 15) is 9.18 Å². The summed E-state index contributed by atoms with van der Waals surface area (Å²) in [6.45, 7) is 0.532. The van der Waals surface area contributed by atoms with E-state index in [4.69, 9.17) is 10.5 Å². The van der Waals surface area contributed by atoms with Gasteiger partial charge in [-0.05, 0) is 36.4 Å². The molecule has 7 heteroatoms. The molecule has 0 spiro atoms. The lowest BCUT2D eigenvalue weighted by molar-refractivity contribution is -0.117. The lowest BCUT2D eigenvalue weighted by Crippen LogP contribution is -2.28. The minimum absolute atomic E-state index is 0.0993. The number of primary amides is 1. The van der Waals surface area contributed by atoms with Gasteiger partial charge in [0, 0.05) is 13.1 Å². The predicted molar refractivity (Wildman–Crippen MR) is 88.1 cm³/mol. The number of amides is 1.